The van der Waals surface area contributed by atoms with Crippen molar-refractivity contribution in [3.63, 3.8) is 0 Å². The standard InChI is InChI=1S/C14H17BrClNO5S/c1-14(2,3)22-13(18)17-11(8-21-23(17,19)20)6-9-4-5-10(16)7-12(9)15/h4-5,7,11H,6,8H2,1-3H3. The number of halogens is 2. The Morgan fingerprint density at radius 3 is 2.70 bits per heavy atom. The summed E-state index contributed by atoms with van der Waals surface area (Å²) in [5, 5.41) is 0.555. The van der Waals surface area contributed by atoms with Crippen molar-refractivity contribution in [3.05, 3.63) is 33.3 Å². The van der Waals surface area contributed by atoms with Gasteiger partial charge in [-0.1, -0.05) is 33.6 Å². The van der Waals surface area contributed by atoms with Crippen LogP contribution in [0.25, 0.3) is 0 Å². The van der Waals surface area contributed by atoms with E-state index < -0.39 is 28.0 Å². The largest absolute Gasteiger partial charge is 0.443 e. The minimum atomic E-state index is -4.13. The molecular weight excluding hydrogens is 410 g/mol. The number of carbonyl (C=O) groups excluding carboxylic acids is 1. The zero-order chi connectivity index (χ0) is 17.4. The van der Waals surface area contributed by atoms with Crippen LogP contribution < -0.4 is 0 Å². The molecule has 0 radical (unpaired) electrons. The zero-order valence-electron chi connectivity index (χ0n) is 12.9. The first-order chi connectivity index (χ1) is 10.5. The van der Waals surface area contributed by atoms with Crippen LogP contribution in [-0.2, 0) is 25.6 Å². The summed E-state index contributed by atoms with van der Waals surface area (Å²) in [5.74, 6) is 0. The first-order valence-electron chi connectivity index (χ1n) is 6.85. The van der Waals surface area contributed by atoms with Crippen LogP contribution in [-0.4, -0.2) is 37.1 Å². The van der Waals surface area contributed by atoms with Crippen LogP contribution in [0.5, 0.6) is 0 Å². The smallest absolute Gasteiger partial charge is 0.426 e. The Kier molecular flexibility index (Phi) is 5.30. The molecule has 9 heteroatoms. The third-order valence-electron chi connectivity index (χ3n) is 3.03. The molecule has 1 saturated heterocycles. The maximum absolute atomic E-state index is 12.2. The van der Waals surface area contributed by atoms with Crippen LogP contribution in [0.3, 0.4) is 0 Å². The van der Waals surface area contributed by atoms with Crippen molar-refractivity contribution in [2.24, 2.45) is 0 Å². The predicted octanol–water partition coefficient (Wildman–Crippen LogP) is 3.53. The first-order valence-corrected chi connectivity index (χ1v) is 9.39. The highest BCUT2D eigenvalue weighted by Gasteiger charge is 2.44. The van der Waals surface area contributed by atoms with E-state index in [0.717, 1.165) is 10.0 Å². The van der Waals surface area contributed by atoms with Gasteiger partial charge in [-0.05, 0) is 44.9 Å². The van der Waals surface area contributed by atoms with Gasteiger partial charge >= 0.3 is 16.4 Å². The molecule has 0 bridgehead atoms. The third kappa shape index (κ3) is 4.59. The number of amides is 1. The van der Waals surface area contributed by atoms with E-state index in [2.05, 4.69) is 15.9 Å². The van der Waals surface area contributed by atoms with E-state index in [-0.39, 0.29) is 13.0 Å². The molecule has 1 unspecified atom stereocenters. The topological polar surface area (TPSA) is 72.9 Å². The van der Waals surface area contributed by atoms with Crippen LogP contribution in [0.15, 0.2) is 22.7 Å². The highest BCUT2D eigenvalue weighted by molar-refractivity contribution is 9.10. The quantitative estimate of drug-likeness (QED) is 0.723. The van der Waals surface area contributed by atoms with Crippen molar-refractivity contribution in [2.75, 3.05) is 6.61 Å². The van der Waals surface area contributed by atoms with Gasteiger partial charge in [-0.2, -0.15) is 12.7 Å². The van der Waals surface area contributed by atoms with E-state index >= 15 is 0 Å². The van der Waals surface area contributed by atoms with Gasteiger partial charge in [0.25, 0.3) is 0 Å². The summed E-state index contributed by atoms with van der Waals surface area (Å²) in [6.07, 6.45) is -0.652. The lowest BCUT2D eigenvalue weighted by Gasteiger charge is -2.26. The molecule has 0 saturated carbocycles. The summed E-state index contributed by atoms with van der Waals surface area (Å²) in [7, 11) is -4.13. The fourth-order valence-electron chi connectivity index (χ4n) is 2.10. The monoisotopic (exact) mass is 425 g/mol. The molecule has 1 heterocycles. The number of carbonyl (C=O) groups is 1. The van der Waals surface area contributed by atoms with Crippen molar-refractivity contribution in [3.8, 4) is 0 Å². The van der Waals surface area contributed by atoms with Crippen LogP contribution in [0, 0.1) is 0 Å². The van der Waals surface area contributed by atoms with Crippen LogP contribution in [0.2, 0.25) is 5.02 Å². The van der Waals surface area contributed by atoms with Gasteiger partial charge in [0.05, 0.1) is 12.6 Å². The van der Waals surface area contributed by atoms with E-state index in [0.29, 0.717) is 9.33 Å². The molecule has 0 aliphatic carbocycles. The maximum atomic E-state index is 12.2. The number of rotatable bonds is 2. The highest BCUT2D eigenvalue weighted by Crippen LogP contribution is 2.28. The van der Waals surface area contributed by atoms with Crippen molar-refractivity contribution in [1.29, 1.82) is 0 Å². The van der Waals surface area contributed by atoms with Crippen molar-refractivity contribution >= 4 is 43.9 Å². The Morgan fingerprint density at radius 2 is 2.13 bits per heavy atom. The molecule has 1 aliphatic heterocycles. The molecule has 2 rings (SSSR count). The summed E-state index contributed by atoms with van der Waals surface area (Å²) in [4.78, 5) is 12.2. The number of benzene rings is 1. The number of hydrogen-bond donors (Lipinski definition) is 0. The number of nitrogens with zero attached hydrogens (tertiary/aromatic N) is 1. The van der Waals surface area contributed by atoms with Gasteiger partial charge in [0, 0.05) is 9.50 Å². The summed E-state index contributed by atoms with van der Waals surface area (Å²) >= 11 is 9.27. The molecule has 1 amide bonds. The van der Waals surface area contributed by atoms with Crippen molar-refractivity contribution in [1.82, 2.24) is 4.31 Å². The first kappa shape index (κ1) is 18.5. The Bertz CT molecular complexity index is 716. The molecule has 1 atom stereocenters. The Labute approximate surface area is 149 Å². The van der Waals surface area contributed by atoms with Crippen molar-refractivity contribution in [2.45, 2.75) is 38.8 Å². The van der Waals surface area contributed by atoms with E-state index in [1.54, 1.807) is 39.0 Å². The predicted molar refractivity (Wildman–Crippen MR) is 89.6 cm³/mol. The molecule has 1 fully saturated rings. The van der Waals surface area contributed by atoms with Gasteiger partial charge in [0.2, 0.25) is 0 Å². The number of hydrogen-bond acceptors (Lipinski definition) is 5. The van der Waals surface area contributed by atoms with Gasteiger partial charge in [-0.15, -0.1) is 0 Å². The fourth-order valence-corrected chi connectivity index (χ4v) is 4.11. The lowest BCUT2D eigenvalue weighted by Crippen LogP contribution is -2.43. The minimum Gasteiger partial charge on any atom is -0.443 e. The van der Waals surface area contributed by atoms with Gasteiger partial charge in [0.15, 0.2) is 0 Å². The van der Waals surface area contributed by atoms with E-state index in [1.165, 1.54) is 0 Å². The SMILES string of the molecule is CC(C)(C)OC(=O)N1C(Cc2ccc(Cl)cc2Br)COS1(=O)=O. The normalized spacial score (nSPS) is 20.6. The summed E-state index contributed by atoms with van der Waals surface area (Å²) in [6.45, 7) is 4.88. The van der Waals surface area contributed by atoms with Gasteiger partial charge in [-0.25, -0.2) is 4.79 Å². The fraction of sp³-hybridized carbons (Fsp3) is 0.500. The van der Waals surface area contributed by atoms with Gasteiger partial charge in [0.1, 0.15) is 5.60 Å². The minimum absolute atomic E-state index is 0.114. The molecule has 6 nitrogen and oxygen atoms in total. The lowest BCUT2D eigenvalue weighted by atomic mass is 10.1. The van der Waals surface area contributed by atoms with Crippen LogP contribution in [0.4, 0.5) is 4.79 Å². The Hall–Kier alpha value is -0.830. The van der Waals surface area contributed by atoms with Crippen LogP contribution >= 0.6 is 27.5 Å². The average molecular weight is 427 g/mol. The van der Waals surface area contributed by atoms with Gasteiger partial charge < -0.3 is 4.74 Å². The molecule has 1 aromatic carbocycles. The lowest BCUT2D eigenvalue weighted by molar-refractivity contribution is 0.0357. The highest BCUT2D eigenvalue weighted by atomic mass is 79.9. The molecule has 1 aromatic rings. The second-order valence-electron chi connectivity index (χ2n) is 6.11. The molecule has 1 aliphatic rings. The second-order valence-corrected chi connectivity index (χ2v) is 8.89. The average Bonchev–Trinajstić information content (AvgIpc) is 2.66. The van der Waals surface area contributed by atoms with Crippen LogP contribution in [0.1, 0.15) is 26.3 Å². The second kappa shape index (κ2) is 6.58. The van der Waals surface area contributed by atoms with Gasteiger partial charge in [-0.3, -0.25) is 4.18 Å². The summed E-state index contributed by atoms with van der Waals surface area (Å²) in [6, 6.07) is 4.50. The Balaban J connectivity index is 2.25. The number of ether oxygens (including phenoxy) is 1. The molecular formula is C14H17BrClNO5S. The van der Waals surface area contributed by atoms with E-state index in [4.69, 9.17) is 20.5 Å². The Morgan fingerprint density at radius 1 is 1.48 bits per heavy atom. The summed E-state index contributed by atoms with van der Waals surface area (Å²) in [5.41, 5.74) is 0.00861. The van der Waals surface area contributed by atoms with Crippen molar-refractivity contribution < 1.29 is 22.1 Å². The third-order valence-corrected chi connectivity index (χ3v) is 5.36. The van der Waals surface area contributed by atoms with E-state index in [1.807, 2.05) is 0 Å². The van der Waals surface area contributed by atoms with E-state index in [9.17, 15) is 13.2 Å². The molecule has 0 aromatic heterocycles. The summed E-state index contributed by atoms with van der Waals surface area (Å²) < 4.78 is 35.4. The molecule has 128 valence electrons. The molecule has 23 heavy (non-hydrogen) atoms. The molecule has 0 spiro atoms. The molecule has 0 N–H and O–H groups in total. The zero-order valence-corrected chi connectivity index (χ0v) is 16.0. The maximum Gasteiger partial charge on any atom is 0.426 e.